The first-order valence-electron chi connectivity index (χ1n) is 11.7. The van der Waals surface area contributed by atoms with Gasteiger partial charge in [0.2, 0.25) is 0 Å². The lowest BCUT2D eigenvalue weighted by molar-refractivity contribution is -0.0317. The number of hydrogen-bond donors (Lipinski definition) is 1. The minimum absolute atomic E-state index is 0.0621. The molecule has 0 bridgehead atoms. The van der Waals surface area contributed by atoms with Crippen LogP contribution in [0.3, 0.4) is 0 Å². The normalized spacial score (nSPS) is 36.6. The van der Waals surface area contributed by atoms with Crippen LogP contribution in [-0.4, -0.2) is 79.6 Å². The third-order valence-electron chi connectivity index (χ3n) is 7.91. The molecule has 2 saturated heterocycles. The average Bonchev–Trinajstić information content (AvgIpc) is 3.68. The summed E-state index contributed by atoms with van der Waals surface area (Å²) in [7, 11) is -2.40. The van der Waals surface area contributed by atoms with E-state index in [9.17, 15) is 9.00 Å². The van der Waals surface area contributed by atoms with E-state index >= 15 is 0 Å². The lowest BCUT2D eigenvalue weighted by Crippen LogP contribution is -2.62. The summed E-state index contributed by atoms with van der Waals surface area (Å²) >= 11 is 0. The van der Waals surface area contributed by atoms with E-state index in [1.54, 1.807) is 6.20 Å². The van der Waals surface area contributed by atoms with Crippen molar-refractivity contribution in [1.29, 1.82) is 0 Å². The van der Waals surface area contributed by atoms with Gasteiger partial charge in [0.25, 0.3) is 0 Å². The van der Waals surface area contributed by atoms with Gasteiger partial charge < -0.3 is 9.64 Å². The molecule has 7 rings (SSSR count). The number of Topliss-reactive ketones (excluding diaryl/α,β-unsaturated/α-hetero) is 1. The van der Waals surface area contributed by atoms with Gasteiger partial charge in [-0.3, -0.25) is 14.1 Å². The quantitative estimate of drug-likeness (QED) is 0.554. The van der Waals surface area contributed by atoms with E-state index in [0.717, 1.165) is 73.2 Å². The Bertz CT molecular complexity index is 1290. The summed E-state index contributed by atoms with van der Waals surface area (Å²) < 4.78 is 24.8. The van der Waals surface area contributed by atoms with Crippen molar-refractivity contribution < 1.29 is 13.7 Å². The third-order valence-corrected chi connectivity index (χ3v) is 10.8. The summed E-state index contributed by atoms with van der Waals surface area (Å²) in [6.45, 7) is 8.56. The van der Waals surface area contributed by atoms with Crippen LogP contribution in [0.1, 0.15) is 43.6 Å². The van der Waals surface area contributed by atoms with Gasteiger partial charge in [-0.1, -0.05) is 0 Å². The first-order chi connectivity index (χ1) is 15.4. The van der Waals surface area contributed by atoms with Crippen LogP contribution in [0.15, 0.2) is 23.4 Å². The Morgan fingerprint density at radius 2 is 2.19 bits per heavy atom. The van der Waals surface area contributed by atoms with Crippen molar-refractivity contribution in [3.05, 3.63) is 24.2 Å². The smallest absolute Gasteiger partial charge is 0.184 e. The maximum atomic E-state index is 13.8. The molecule has 32 heavy (non-hydrogen) atoms. The molecule has 2 aliphatic carbocycles. The number of carbonyl (C=O) groups is 1. The zero-order valence-corrected chi connectivity index (χ0v) is 19.4. The number of pyridine rings is 1. The first kappa shape index (κ1) is 19.5. The molecule has 2 unspecified atom stereocenters. The van der Waals surface area contributed by atoms with Gasteiger partial charge in [-0.15, -0.1) is 0 Å². The van der Waals surface area contributed by atoms with Crippen molar-refractivity contribution in [2.24, 2.45) is 5.92 Å². The molecule has 170 valence electrons. The van der Waals surface area contributed by atoms with Crippen molar-refractivity contribution in [3.8, 4) is 0 Å². The third kappa shape index (κ3) is 2.65. The molecule has 5 aliphatic rings. The number of ether oxygens (including phenoxy) is 1. The number of rotatable bonds is 4. The van der Waals surface area contributed by atoms with Crippen molar-refractivity contribution in [2.45, 2.75) is 55.6 Å². The maximum absolute atomic E-state index is 13.8. The molecule has 0 aromatic carbocycles. The van der Waals surface area contributed by atoms with Gasteiger partial charge in [-0.05, 0) is 32.8 Å². The lowest BCUT2D eigenvalue weighted by atomic mass is 10.1. The zero-order valence-electron chi connectivity index (χ0n) is 18.5. The van der Waals surface area contributed by atoms with Crippen LogP contribution in [0.25, 0.3) is 5.65 Å². The number of piperazine rings is 1. The van der Waals surface area contributed by atoms with Crippen molar-refractivity contribution in [3.63, 3.8) is 0 Å². The number of hydrogen-bond acceptors (Lipinski definition) is 6. The molecule has 0 spiro atoms. The Morgan fingerprint density at radius 1 is 1.34 bits per heavy atom. The van der Waals surface area contributed by atoms with E-state index in [2.05, 4.69) is 34.4 Å². The summed E-state index contributed by atoms with van der Waals surface area (Å²) in [5.74, 6) is 0.265. The first-order valence-corrected chi connectivity index (χ1v) is 13.3. The fraction of sp³-hybridized carbons (Fsp3) is 0.609. The van der Waals surface area contributed by atoms with Crippen molar-refractivity contribution >= 4 is 31.7 Å². The van der Waals surface area contributed by atoms with Crippen LogP contribution in [0, 0.1) is 5.92 Å². The molecule has 0 radical (unpaired) electrons. The molecular formula is C23H29N5O3S. The minimum Gasteiger partial charge on any atom is -0.378 e. The Balaban J connectivity index is 1.37. The summed E-state index contributed by atoms with van der Waals surface area (Å²) in [6.07, 6.45) is 6.38. The van der Waals surface area contributed by atoms with Gasteiger partial charge in [0.15, 0.2) is 11.4 Å². The van der Waals surface area contributed by atoms with Gasteiger partial charge in [-0.25, -0.2) is 13.9 Å². The fourth-order valence-electron chi connectivity index (χ4n) is 5.85. The number of morpholine rings is 1. The molecule has 0 amide bonds. The lowest BCUT2D eigenvalue weighted by Gasteiger charge is -2.48. The predicted octanol–water partition coefficient (Wildman–Crippen LogP) is 1.33. The molecule has 3 aliphatic heterocycles. The topological polar surface area (TPSA) is 79.2 Å². The number of carbonyl (C=O) groups excluding carboxylic acids is 1. The van der Waals surface area contributed by atoms with E-state index in [-0.39, 0.29) is 17.2 Å². The monoisotopic (exact) mass is 455 g/mol. The average molecular weight is 456 g/mol. The van der Waals surface area contributed by atoms with Crippen molar-refractivity contribution in [2.75, 3.05) is 37.7 Å². The highest BCUT2D eigenvalue weighted by atomic mass is 32.2. The van der Waals surface area contributed by atoms with Gasteiger partial charge in [-0.2, -0.15) is 0 Å². The molecule has 2 aromatic rings. The highest BCUT2D eigenvalue weighted by Gasteiger charge is 2.59. The second kappa shape index (κ2) is 6.34. The van der Waals surface area contributed by atoms with E-state index < -0.39 is 9.71 Å². The largest absolute Gasteiger partial charge is 0.378 e. The molecule has 4 fully saturated rings. The van der Waals surface area contributed by atoms with E-state index in [1.807, 2.05) is 10.6 Å². The second-order valence-corrected chi connectivity index (χ2v) is 12.6. The number of nitrogens with one attached hydrogen (secondary N) is 1. The summed E-state index contributed by atoms with van der Waals surface area (Å²) in [5.41, 5.74) is 2.30. The highest BCUT2D eigenvalue weighted by molar-refractivity contribution is 8.03. The van der Waals surface area contributed by atoms with Gasteiger partial charge >= 0.3 is 0 Å². The van der Waals surface area contributed by atoms with Crippen LogP contribution < -0.4 is 9.62 Å². The van der Waals surface area contributed by atoms with Crippen LogP contribution in [0.5, 0.6) is 0 Å². The Hall–Kier alpha value is -1.94. The van der Waals surface area contributed by atoms with Crippen LogP contribution in [-0.2, 0) is 14.4 Å². The standard InChI is InChI=1S/C23H29N5O3S/c1-14-10-26(11-16-13-31-6-5-27(14)16)18-7-17(32(30)20-8-23(20,2)25-32)12-28-19(9-24-22(18)28)21(29)15-3-4-15/h7,9,12,14-16H,3-6,8,10-11,13H2,1-2H3,(H,25,30)/t14-,16+,23?,32?/m0/s1. The molecule has 5 heterocycles. The SMILES string of the molecule is C[C@H]1CN(c2cc(S3(=O)=C4CC4(C)N3)cn3c(C(=O)C4CC4)cnc23)C[C@@H]2COCCN21. The van der Waals surface area contributed by atoms with Gasteiger partial charge in [0.05, 0.1) is 51.3 Å². The zero-order chi connectivity index (χ0) is 21.8. The second-order valence-electron chi connectivity index (χ2n) is 10.3. The van der Waals surface area contributed by atoms with E-state index in [0.29, 0.717) is 17.8 Å². The molecule has 9 heteroatoms. The highest BCUT2D eigenvalue weighted by Crippen LogP contribution is 2.46. The summed E-state index contributed by atoms with van der Waals surface area (Å²) in [6, 6.07) is 2.77. The molecule has 2 saturated carbocycles. The van der Waals surface area contributed by atoms with Gasteiger partial charge in [0.1, 0.15) is 5.69 Å². The van der Waals surface area contributed by atoms with Crippen LogP contribution >= 0.6 is 0 Å². The number of ketones is 1. The summed E-state index contributed by atoms with van der Waals surface area (Å²) in [4.78, 5) is 24.4. The molecule has 4 atom stereocenters. The Kier molecular flexibility index (Phi) is 3.87. The van der Waals surface area contributed by atoms with Crippen molar-refractivity contribution in [1.82, 2.24) is 19.0 Å². The number of imidazole rings is 1. The number of nitrogens with zero attached hydrogens (tertiary/aromatic N) is 4. The Labute approximate surface area is 188 Å². The molecule has 1 N–H and O–H groups in total. The summed E-state index contributed by atoms with van der Waals surface area (Å²) in [5, 5.41) is 0. The minimum atomic E-state index is -2.40. The molecule has 8 nitrogen and oxygen atoms in total. The van der Waals surface area contributed by atoms with Crippen LogP contribution in [0.2, 0.25) is 0 Å². The number of aromatic nitrogens is 2. The van der Waals surface area contributed by atoms with Crippen LogP contribution in [0.4, 0.5) is 5.69 Å². The number of anilines is 1. The molecule has 2 aromatic heterocycles. The molecular weight excluding hydrogens is 426 g/mol. The Morgan fingerprint density at radius 3 is 2.91 bits per heavy atom. The fourth-order valence-corrected chi connectivity index (χ4v) is 8.76. The van der Waals surface area contributed by atoms with Gasteiger partial charge in [0, 0.05) is 49.1 Å². The maximum Gasteiger partial charge on any atom is 0.184 e. The van der Waals surface area contributed by atoms with E-state index in [4.69, 9.17) is 9.72 Å². The van der Waals surface area contributed by atoms with E-state index in [1.165, 1.54) is 0 Å². The predicted molar refractivity (Wildman–Crippen MR) is 123 cm³/mol. The number of fused-ring (bicyclic) bond motifs is 3.